The predicted octanol–water partition coefficient (Wildman–Crippen LogP) is 5.62. The molecule has 4 rings (SSSR count). The van der Waals surface area contributed by atoms with Crippen LogP contribution in [0.3, 0.4) is 0 Å². The maximum atomic E-state index is 12.4. The number of carbonyl (C=O) groups excluding carboxylic acids is 1. The lowest BCUT2D eigenvalue weighted by molar-refractivity contribution is 0.0601. The van der Waals surface area contributed by atoms with E-state index >= 15 is 0 Å². The zero-order chi connectivity index (χ0) is 19.7. The molecule has 1 aromatic heterocycles. The van der Waals surface area contributed by atoms with E-state index in [2.05, 4.69) is 41.8 Å². The molecular formula is C22H22N2O2S2. The lowest BCUT2D eigenvalue weighted by Gasteiger charge is -2.18. The summed E-state index contributed by atoms with van der Waals surface area (Å²) < 4.78 is 5.04. The average molecular weight is 411 g/mol. The SMILES string of the molecule is COC(=O)c1c(NC(=S)Nc2ccc3ccccc3c2)sc2c1CCC(C)C2. The van der Waals surface area contributed by atoms with Gasteiger partial charge in [-0.05, 0) is 65.9 Å². The summed E-state index contributed by atoms with van der Waals surface area (Å²) in [5, 5.41) is 10.0. The number of thiophene rings is 1. The first-order valence-corrected chi connectivity index (χ1v) is 10.6. The summed E-state index contributed by atoms with van der Waals surface area (Å²) in [5.41, 5.74) is 2.66. The molecule has 0 radical (unpaired) electrons. The van der Waals surface area contributed by atoms with Crippen LogP contribution in [-0.2, 0) is 17.6 Å². The number of thiocarbonyl (C=S) groups is 1. The normalized spacial score (nSPS) is 15.7. The fourth-order valence-corrected chi connectivity index (χ4v) is 5.38. The van der Waals surface area contributed by atoms with Crippen molar-refractivity contribution >= 4 is 56.1 Å². The first-order valence-electron chi connectivity index (χ1n) is 9.35. The van der Waals surface area contributed by atoms with Crippen LogP contribution in [0, 0.1) is 5.92 Å². The van der Waals surface area contributed by atoms with Crippen molar-refractivity contribution in [2.75, 3.05) is 17.7 Å². The van der Waals surface area contributed by atoms with Crippen LogP contribution in [0.1, 0.15) is 34.1 Å². The van der Waals surface area contributed by atoms with Gasteiger partial charge in [-0.3, -0.25) is 0 Å². The minimum Gasteiger partial charge on any atom is -0.465 e. The molecule has 144 valence electrons. The minimum absolute atomic E-state index is 0.303. The van der Waals surface area contributed by atoms with Gasteiger partial charge in [0.05, 0.1) is 12.7 Å². The molecule has 0 bridgehead atoms. The van der Waals surface area contributed by atoms with Gasteiger partial charge in [-0.25, -0.2) is 4.79 Å². The summed E-state index contributed by atoms with van der Waals surface area (Å²) in [5.74, 6) is 0.329. The van der Waals surface area contributed by atoms with Gasteiger partial charge in [0.2, 0.25) is 0 Å². The van der Waals surface area contributed by atoms with E-state index in [1.165, 1.54) is 17.4 Å². The number of methoxy groups -OCH3 is 1. The molecule has 0 fully saturated rings. The van der Waals surface area contributed by atoms with E-state index < -0.39 is 0 Å². The van der Waals surface area contributed by atoms with Crippen LogP contribution in [0.15, 0.2) is 42.5 Å². The van der Waals surface area contributed by atoms with Crippen LogP contribution >= 0.6 is 23.6 Å². The molecule has 0 saturated heterocycles. The fourth-order valence-electron chi connectivity index (χ4n) is 3.69. The molecule has 1 unspecified atom stereocenters. The van der Waals surface area contributed by atoms with E-state index in [0.29, 0.717) is 16.6 Å². The highest BCUT2D eigenvalue weighted by Gasteiger charge is 2.28. The van der Waals surface area contributed by atoms with E-state index in [1.54, 1.807) is 11.3 Å². The van der Waals surface area contributed by atoms with E-state index in [4.69, 9.17) is 17.0 Å². The summed E-state index contributed by atoms with van der Waals surface area (Å²) in [4.78, 5) is 13.7. The Bertz CT molecular complexity index is 1060. The summed E-state index contributed by atoms with van der Waals surface area (Å²) in [6.07, 6.45) is 2.99. The van der Waals surface area contributed by atoms with Gasteiger partial charge in [0.25, 0.3) is 0 Å². The van der Waals surface area contributed by atoms with Crippen molar-refractivity contribution in [3.63, 3.8) is 0 Å². The average Bonchev–Trinajstić information content (AvgIpc) is 3.03. The second kappa shape index (κ2) is 7.89. The molecule has 28 heavy (non-hydrogen) atoms. The van der Waals surface area contributed by atoms with Gasteiger partial charge >= 0.3 is 5.97 Å². The van der Waals surface area contributed by atoms with Crippen molar-refractivity contribution in [1.82, 2.24) is 0 Å². The smallest absolute Gasteiger partial charge is 0.341 e. The lowest BCUT2D eigenvalue weighted by atomic mass is 9.88. The third-order valence-corrected chi connectivity index (χ3v) is 6.51. The molecule has 2 aromatic carbocycles. The Morgan fingerprint density at radius 1 is 1.18 bits per heavy atom. The first-order chi connectivity index (χ1) is 13.5. The van der Waals surface area contributed by atoms with Crippen molar-refractivity contribution in [2.45, 2.75) is 26.2 Å². The molecule has 0 amide bonds. The van der Waals surface area contributed by atoms with Crippen molar-refractivity contribution in [2.24, 2.45) is 5.92 Å². The Kier molecular flexibility index (Phi) is 5.33. The number of nitrogens with one attached hydrogen (secondary N) is 2. The molecular weight excluding hydrogens is 388 g/mol. The molecule has 4 nitrogen and oxygen atoms in total. The molecule has 1 atom stereocenters. The van der Waals surface area contributed by atoms with E-state index in [-0.39, 0.29) is 5.97 Å². The molecule has 6 heteroatoms. The number of benzene rings is 2. The Morgan fingerprint density at radius 3 is 2.75 bits per heavy atom. The number of rotatable bonds is 3. The zero-order valence-electron chi connectivity index (χ0n) is 15.9. The quantitative estimate of drug-likeness (QED) is 0.433. The molecule has 1 aliphatic carbocycles. The standard InChI is InChI=1S/C22H22N2O2S2/c1-13-7-10-17-18(11-13)28-20(19(17)21(25)26-2)24-22(27)23-16-9-8-14-5-3-4-6-15(14)12-16/h3-6,8-9,12-13H,7,10-11H2,1-2H3,(H2,23,24,27). The van der Waals surface area contributed by atoms with Crippen LogP contribution in [-0.4, -0.2) is 18.2 Å². The first kappa shape index (κ1) is 18.9. The zero-order valence-corrected chi connectivity index (χ0v) is 17.5. The maximum absolute atomic E-state index is 12.4. The van der Waals surface area contributed by atoms with Crippen LogP contribution in [0.4, 0.5) is 10.7 Å². The van der Waals surface area contributed by atoms with E-state index in [9.17, 15) is 4.79 Å². The van der Waals surface area contributed by atoms with Gasteiger partial charge < -0.3 is 15.4 Å². The molecule has 1 heterocycles. The summed E-state index contributed by atoms with van der Waals surface area (Å²) >= 11 is 7.13. The Hall–Kier alpha value is -2.44. The summed E-state index contributed by atoms with van der Waals surface area (Å²) in [7, 11) is 1.42. The highest BCUT2D eigenvalue weighted by atomic mass is 32.1. The number of fused-ring (bicyclic) bond motifs is 2. The number of ether oxygens (including phenoxy) is 1. The topological polar surface area (TPSA) is 50.4 Å². The Labute approximate surface area is 173 Å². The predicted molar refractivity (Wildman–Crippen MR) is 121 cm³/mol. The van der Waals surface area contributed by atoms with Gasteiger partial charge in [0.1, 0.15) is 5.00 Å². The van der Waals surface area contributed by atoms with Crippen LogP contribution < -0.4 is 10.6 Å². The maximum Gasteiger partial charge on any atom is 0.341 e. The van der Waals surface area contributed by atoms with Gasteiger partial charge in [-0.2, -0.15) is 0 Å². The highest BCUT2D eigenvalue weighted by Crippen LogP contribution is 2.40. The summed E-state index contributed by atoms with van der Waals surface area (Å²) in [6, 6.07) is 14.3. The monoisotopic (exact) mass is 410 g/mol. The molecule has 0 spiro atoms. The third kappa shape index (κ3) is 3.75. The van der Waals surface area contributed by atoms with Crippen molar-refractivity contribution < 1.29 is 9.53 Å². The van der Waals surface area contributed by atoms with Gasteiger partial charge in [0.15, 0.2) is 5.11 Å². The Morgan fingerprint density at radius 2 is 1.96 bits per heavy atom. The molecule has 0 saturated carbocycles. The number of hydrogen-bond donors (Lipinski definition) is 2. The number of carbonyl (C=O) groups is 1. The molecule has 0 aliphatic heterocycles. The lowest BCUT2D eigenvalue weighted by Crippen LogP contribution is -2.20. The second-order valence-corrected chi connectivity index (χ2v) is 8.70. The molecule has 2 N–H and O–H groups in total. The number of hydrogen-bond acceptors (Lipinski definition) is 4. The van der Waals surface area contributed by atoms with Crippen LogP contribution in [0.5, 0.6) is 0 Å². The van der Waals surface area contributed by atoms with E-state index in [0.717, 1.165) is 40.9 Å². The van der Waals surface area contributed by atoms with Gasteiger partial charge in [0, 0.05) is 10.6 Å². The minimum atomic E-state index is -0.303. The second-order valence-electron chi connectivity index (χ2n) is 7.19. The van der Waals surface area contributed by atoms with E-state index in [1.807, 2.05) is 18.2 Å². The van der Waals surface area contributed by atoms with Crippen molar-refractivity contribution in [3.05, 3.63) is 58.5 Å². The third-order valence-electron chi connectivity index (χ3n) is 5.14. The Balaban J connectivity index is 1.57. The fraction of sp³-hybridized carbons (Fsp3) is 0.273. The van der Waals surface area contributed by atoms with Crippen LogP contribution in [0.25, 0.3) is 10.8 Å². The molecule has 3 aromatic rings. The summed E-state index contributed by atoms with van der Waals surface area (Å²) in [6.45, 7) is 2.25. The largest absolute Gasteiger partial charge is 0.465 e. The van der Waals surface area contributed by atoms with Gasteiger partial charge in [-0.1, -0.05) is 37.3 Å². The highest BCUT2D eigenvalue weighted by molar-refractivity contribution is 7.80. The number of anilines is 2. The van der Waals surface area contributed by atoms with Gasteiger partial charge in [-0.15, -0.1) is 11.3 Å². The van der Waals surface area contributed by atoms with Crippen molar-refractivity contribution in [1.29, 1.82) is 0 Å². The molecule has 1 aliphatic rings. The van der Waals surface area contributed by atoms with Crippen molar-refractivity contribution in [3.8, 4) is 0 Å². The number of esters is 1. The van der Waals surface area contributed by atoms with Crippen LogP contribution in [0.2, 0.25) is 0 Å².